The molecule has 0 spiro atoms. The van der Waals surface area contributed by atoms with Crippen molar-refractivity contribution in [3.8, 4) is 5.75 Å². The van der Waals surface area contributed by atoms with Crippen molar-refractivity contribution in [2.75, 3.05) is 6.61 Å². The van der Waals surface area contributed by atoms with E-state index in [4.69, 9.17) is 16.3 Å². The quantitative estimate of drug-likeness (QED) is 0.869. The molecule has 0 bridgehead atoms. The summed E-state index contributed by atoms with van der Waals surface area (Å²) in [6, 6.07) is 11.8. The third kappa shape index (κ3) is 5.25. The molecule has 1 unspecified atom stereocenters. The van der Waals surface area contributed by atoms with E-state index >= 15 is 0 Å². The van der Waals surface area contributed by atoms with Crippen LogP contribution in [0.4, 0.5) is 4.39 Å². The molecule has 0 heterocycles. The molecule has 0 aliphatic rings. The lowest BCUT2D eigenvalue weighted by atomic mass is 10.1. The molecule has 0 aromatic heterocycles. The van der Waals surface area contributed by atoms with Gasteiger partial charge in [0.05, 0.1) is 12.5 Å². The second kappa shape index (κ2) is 7.97. The van der Waals surface area contributed by atoms with Crippen molar-refractivity contribution in [2.24, 2.45) is 0 Å². The Hall–Kier alpha value is -2.07. The minimum absolute atomic E-state index is 0.0301. The van der Waals surface area contributed by atoms with E-state index in [-0.39, 0.29) is 18.4 Å². The van der Waals surface area contributed by atoms with Crippen LogP contribution in [0.5, 0.6) is 5.75 Å². The summed E-state index contributed by atoms with van der Waals surface area (Å²) >= 11 is 5.69. The largest absolute Gasteiger partial charge is 0.491 e. The maximum Gasteiger partial charge on any atom is 0.224 e. The molecule has 1 atom stereocenters. The van der Waals surface area contributed by atoms with E-state index in [0.29, 0.717) is 17.2 Å². The molecule has 122 valence electrons. The Morgan fingerprint density at radius 3 is 2.74 bits per heavy atom. The van der Waals surface area contributed by atoms with E-state index < -0.39 is 5.82 Å². The number of ether oxygens (including phenoxy) is 1. The van der Waals surface area contributed by atoms with E-state index in [9.17, 15) is 9.18 Å². The molecule has 2 aromatic carbocycles. The first-order chi connectivity index (χ1) is 11.0. The molecule has 5 heteroatoms. The third-order valence-electron chi connectivity index (χ3n) is 3.36. The predicted molar refractivity (Wildman–Crippen MR) is 89.4 cm³/mol. The molecule has 1 N–H and O–H groups in total. The molecule has 0 saturated carbocycles. The second-order valence-electron chi connectivity index (χ2n) is 5.46. The van der Waals surface area contributed by atoms with Gasteiger partial charge in [0.2, 0.25) is 5.91 Å². The minimum atomic E-state index is -0.475. The van der Waals surface area contributed by atoms with Crippen LogP contribution in [0, 0.1) is 12.7 Å². The van der Waals surface area contributed by atoms with Crippen LogP contribution < -0.4 is 10.1 Å². The zero-order valence-corrected chi connectivity index (χ0v) is 13.9. The Labute approximate surface area is 140 Å². The van der Waals surface area contributed by atoms with Gasteiger partial charge < -0.3 is 10.1 Å². The van der Waals surface area contributed by atoms with Crippen LogP contribution in [-0.2, 0) is 11.2 Å². The molecule has 2 rings (SSSR count). The van der Waals surface area contributed by atoms with Gasteiger partial charge in [-0.3, -0.25) is 4.79 Å². The van der Waals surface area contributed by atoms with Gasteiger partial charge in [0, 0.05) is 5.02 Å². The van der Waals surface area contributed by atoms with Gasteiger partial charge in [-0.1, -0.05) is 35.9 Å². The summed E-state index contributed by atoms with van der Waals surface area (Å²) in [6.07, 6.45) is -0.0301. The Balaban J connectivity index is 1.84. The van der Waals surface area contributed by atoms with Gasteiger partial charge in [-0.15, -0.1) is 0 Å². The topological polar surface area (TPSA) is 38.3 Å². The lowest BCUT2D eigenvalue weighted by Crippen LogP contribution is -2.37. The van der Waals surface area contributed by atoms with Crippen LogP contribution in [0.2, 0.25) is 5.02 Å². The number of benzene rings is 2. The number of aryl methyl sites for hydroxylation is 1. The van der Waals surface area contributed by atoms with E-state index in [0.717, 1.165) is 11.3 Å². The number of carbonyl (C=O) groups excluding carboxylic acids is 1. The van der Waals surface area contributed by atoms with E-state index in [1.165, 1.54) is 12.1 Å². The fourth-order valence-corrected chi connectivity index (χ4v) is 2.30. The van der Waals surface area contributed by atoms with Gasteiger partial charge in [0.1, 0.15) is 18.2 Å². The number of hydrogen-bond donors (Lipinski definition) is 1. The molecule has 0 saturated heterocycles. The number of halogens is 2. The first kappa shape index (κ1) is 17.3. The lowest BCUT2D eigenvalue weighted by Gasteiger charge is -2.16. The fraction of sp³-hybridized carbons (Fsp3) is 0.278. The molecule has 1 amide bonds. The van der Waals surface area contributed by atoms with E-state index in [1.54, 1.807) is 6.07 Å². The van der Waals surface area contributed by atoms with E-state index in [1.807, 2.05) is 38.1 Å². The molecule has 3 nitrogen and oxygen atoms in total. The van der Waals surface area contributed by atoms with Gasteiger partial charge in [0.15, 0.2) is 0 Å². The average molecular weight is 336 g/mol. The molecule has 0 aliphatic carbocycles. The number of carbonyl (C=O) groups is 1. The van der Waals surface area contributed by atoms with Gasteiger partial charge in [-0.05, 0) is 43.2 Å². The van der Waals surface area contributed by atoms with Crippen LogP contribution in [0.25, 0.3) is 0 Å². The summed E-state index contributed by atoms with van der Waals surface area (Å²) in [6.45, 7) is 4.15. The van der Waals surface area contributed by atoms with Gasteiger partial charge in [0.25, 0.3) is 0 Å². The van der Waals surface area contributed by atoms with Gasteiger partial charge in [-0.25, -0.2) is 4.39 Å². The molecular weight excluding hydrogens is 317 g/mol. The second-order valence-corrected chi connectivity index (χ2v) is 5.89. The van der Waals surface area contributed by atoms with Crippen molar-refractivity contribution in [3.05, 3.63) is 64.4 Å². The highest BCUT2D eigenvalue weighted by atomic mass is 35.5. The van der Waals surface area contributed by atoms with Crippen molar-refractivity contribution in [1.82, 2.24) is 5.32 Å². The number of para-hydroxylation sites is 1. The first-order valence-corrected chi connectivity index (χ1v) is 7.75. The zero-order valence-electron chi connectivity index (χ0n) is 13.1. The highest BCUT2D eigenvalue weighted by Gasteiger charge is 2.12. The summed E-state index contributed by atoms with van der Waals surface area (Å²) in [5, 5.41) is 3.11. The van der Waals surface area contributed by atoms with E-state index in [2.05, 4.69) is 5.32 Å². The van der Waals surface area contributed by atoms with Crippen molar-refractivity contribution in [1.29, 1.82) is 0 Å². The van der Waals surface area contributed by atoms with Crippen molar-refractivity contribution < 1.29 is 13.9 Å². The Morgan fingerprint density at radius 2 is 2.04 bits per heavy atom. The Kier molecular flexibility index (Phi) is 5.99. The summed E-state index contributed by atoms with van der Waals surface area (Å²) in [4.78, 5) is 12.0. The minimum Gasteiger partial charge on any atom is -0.491 e. The molecule has 0 radical (unpaired) electrons. The molecule has 2 aromatic rings. The monoisotopic (exact) mass is 335 g/mol. The SMILES string of the molecule is Cc1ccccc1OCC(C)NC(=O)Cc1ccc(Cl)cc1F. The maximum atomic E-state index is 13.7. The number of nitrogens with one attached hydrogen (secondary N) is 1. The highest BCUT2D eigenvalue weighted by molar-refractivity contribution is 6.30. The highest BCUT2D eigenvalue weighted by Crippen LogP contribution is 2.17. The van der Waals surface area contributed by atoms with Gasteiger partial charge in [-0.2, -0.15) is 0 Å². The molecule has 23 heavy (non-hydrogen) atoms. The number of hydrogen-bond acceptors (Lipinski definition) is 2. The average Bonchev–Trinajstić information content (AvgIpc) is 2.49. The third-order valence-corrected chi connectivity index (χ3v) is 3.59. The summed E-state index contributed by atoms with van der Waals surface area (Å²) in [5.41, 5.74) is 1.35. The van der Waals surface area contributed by atoms with Crippen molar-refractivity contribution in [3.63, 3.8) is 0 Å². The molecule has 0 aliphatic heterocycles. The predicted octanol–water partition coefficient (Wildman–Crippen LogP) is 3.91. The lowest BCUT2D eigenvalue weighted by molar-refractivity contribution is -0.121. The summed E-state index contributed by atoms with van der Waals surface area (Å²) < 4.78 is 19.4. The van der Waals surface area contributed by atoms with Crippen LogP contribution in [0.3, 0.4) is 0 Å². The maximum absolute atomic E-state index is 13.7. The van der Waals surface area contributed by atoms with Crippen molar-refractivity contribution >= 4 is 17.5 Å². The molecule has 0 fully saturated rings. The standard InChI is InChI=1S/C18H19ClFNO2/c1-12-5-3-4-6-17(12)23-11-13(2)21-18(22)9-14-7-8-15(19)10-16(14)20/h3-8,10,13H,9,11H2,1-2H3,(H,21,22). The van der Waals surface area contributed by atoms with Crippen LogP contribution >= 0.6 is 11.6 Å². The Morgan fingerprint density at radius 1 is 1.30 bits per heavy atom. The zero-order chi connectivity index (χ0) is 16.8. The summed E-state index contributed by atoms with van der Waals surface area (Å²) in [7, 11) is 0. The van der Waals surface area contributed by atoms with Crippen molar-refractivity contribution in [2.45, 2.75) is 26.3 Å². The van der Waals surface area contributed by atoms with Gasteiger partial charge >= 0.3 is 0 Å². The Bertz CT molecular complexity index is 690. The van der Waals surface area contributed by atoms with Crippen LogP contribution in [0.1, 0.15) is 18.1 Å². The molecular formula is C18H19ClFNO2. The number of amides is 1. The first-order valence-electron chi connectivity index (χ1n) is 7.37. The summed E-state index contributed by atoms with van der Waals surface area (Å²) in [5.74, 6) is 0.0564. The van der Waals surface area contributed by atoms with Crippen LogP contribution in [-0.4, -0.2) is 18.6 Å². The smallest absolute Gasteiger partial charge is 0.224 e. The number of rotatable bonds is 6. The van der Waals surface area contributed by atoms with Crippen LogP contribution in [0.15, 0.2) is 42.5 Å². The fourth-order valence-electron chi connectivity index (χ4n) is 2.14. The normalized spacial score (nSPS) is 11.8.